The van der Waals surface area contributed by atoms with E-state index in [-0.39, 0.29) is 0 Å². The monoisotopic (exact) mass is 293 g/mol. The van der Waals surface area contributed by atoms with Crippen LogP contribution in [0.5, 0.6) is 5.75 Å². The van der Waals surface area contributed by atoms with Crippen LogP contribution in [-0.4, -0.2) is 23.2 Å². The summed E-state index contributed by atoms with van der Waals surface area (Å²) in [5.41, 5.74) is 0. The van der Waals surface area contributed by atoms with E-state index in [0.29, 0.717) is 22.7 Å². The second-order valence-corrected chi connectivity index (χ2v) is 5.60. The maximum atomic E-state index is 5.38. The van der Waals surface area contributed by atoms with Gasteiger partial charge in [-0.2, -0.15) is 0 Å². The lowest BCUT2D eigenvalue weighted by molar-refractivity contribution is 0.415. The summed E-state index contributed by atoms with van der Waals surface area (Å²) in [5.74, 6) is 1.37. The van der Waals surface area contributed by atoms with E-state index in [4.69, 9.17) is 17.0 Å². The van der Waals surface area contributed by atoms with Crippen LogP contribution in [0.1, 0.15) is 44.9 Å². The number of thiocarbonyl (C=S) groups is 1. The number of methoxy groups -OCH3 is 1. The lowest BCUT2D eigenvalue weighted by Gasteiger charge is -2.22. The number of rotatable bonds is 3. The number of aromatic nitrogens is 1. The molecule has 0 saturated heterocycles. The van der Waals surface area contributed by atoms with Crippen molar-refractivity contribution in [2.45, 2.75) is 51.0 Å². The molecule has 5 heteroatoms. The molecular weight excluding hydrogens is 270 g/mol. The number of ether oxygens (including phenoxy) is 1. The van der Waals surface area contributed by atoms with Crippen LogP contribution in [0, 0.1) is 0 Å². The highest BCUT2D eigenvalue weighted by Crippen LogP contribution is 2.20. The Balaban J connectivity index is 1.87. The number of nitrogens with one attached hydrogen (secondary N) is 2. The Morgan fingerprint density at radius 1 is 1.25 bits per heavy atom. The van der Waals surface area contributed by atoms with Crippen molar-refractivity contribution in [2.75, 3.05) is 12.4 Å². The summed E-state index contributed by atoms with van der Waals surface area (Å²) in [5, 5.41) is 7.17. The standard InChI is InChI=1S/C15H23N3OS/c1-19-13-10-7-11-16-14(13)18-15(20)17-12-8-5-3-2-4-6-9-12/h7,10-12H,2-6,8-9H2,1H3,(H2,16,17,18,20). The Bertz CT molecular complexity index is 431. The number of pyridine rings is 1. The van der Waals surface area contributed by atoms with Crippen LogP contribution in [0.3, 0.4) is 0 Å². The van der Waals surface area contributed by atoms with Gasteiger partial charge in [0.1, 0.15) is 0 Å². The maximum Gasteiger partial charge on any atom is 0.174 e. The molecule has 2 N–H and O–H groups in total. The molecule has 0 aliphatic heterocycles. The average Bonchev–Trinajstić information content (AvgIpc) is 2.42. The zero-order chi connectivity index (χ0) is 14.2. The zero-order valence-corrected chi connectivity index (χ0v) is 12.8. The molecule has 0 spiro atoms. The highest BCUT2D eigenvalue weighted by atomic mass is 32.1. The van der Waals surface area contributed by atoms with Crippen LogP contribution in [0.25, 0.3) is 0 Å². The smallest absolute Gasteiger partial charge is 0.174 e. The van der Waals surface area contributed by atoms with Crippen molar-refractivity contribution in [3.63, 3.8) is 0 Å². The topological polar surface area (TPSA) is 46.2 Å². The van der Waals surface area contributed by atoms with Gasteiger partial charge < -0.3 is 15.4 Å². The number of nitrogens with zero attached hydrogens (tertiary/aromatic N) is 1. The van der Waals surface area contributed by atoms with Crippen molar-refractivity contribution in [2.24, 2.45) is 0 Å². The molecule has 110 valence electrons. The molecule has 0 bridgehead atoms. The van der Waals surface area contributed by atoms with E-state index in [1.165, 1.54) is 44.9 Å². The Morgan fingerprint density at radius 3 is 2.65 bits per heavy atom. The van der Waals surface area contributed by atoms with Gasteiger partial charge in [0, 0.05) is 12.2 Å². The van der Waals surface area contributed by atoms with E-state index in [9.17, 15) is 0 Å². The average molecular weight is 293 g/mol. The lowest BCUT2D eigenvalue weighted by atomic mass is 9.97. The normalized spacial score (nSPS) is 16.9. The number of hydrogen-bond acceptors (Lipinski definition) is 3. The molecule has 1 fully saturated rings. The molecular formula is C15H23N3OS. The summed E-state index contributed by atoms with van der Waals surface area (Å²) >= 11 is 5.38. The lowest BCUT2D eigenvalue weighted by Crippen LogP contribution is -2.38. The fraction of sp³-hybridized carbons (Fsp3) is 0.600. The van der Waals surface area contributed by atoms with Gasteiger partial charge in [0.25, 0.3) is 0 Å². The van der Waals surface area contributed by atoms with E-state index in [2.05, 4.69) is 15.6 Å². The number of anilines is 1. The molecule has 1 saturated carbocycles. The molecule has 1 aliphatic rings. The molecule has 1 aromatic heterocycles. The minimum Gasteiger partial charge on any atom is -0.493 e. The Hall–Kier alpha value is -1.36. The van der Waals surface area contributed by atoms with Crippen LogP contribution < -0.4 is 15.4 Å². The second-order valence-electron chi connectivity index (χ2n) is 5.19. The zero-order valence-electron chi connectivity index (χ0n) is 12.0. The highest BCUT2D eigenvalue weighted by Gasteiger charge is 2.13. The Morgan fingerprint density at radius 2 is 1.95 bits per heavy atom. The molecule has 4 nitrogen and oxygen atoms in total. The first kappa shape index (κ1) is 15.0. The van der Waals surface area contributed by atoms with Gasteiger partial charge in [0.2, 0.25) is 0 Å². The fourth-order valence-corrected chi connectivity index (χ4v) is 2.84. The fourth-order valence-electron chi connectivity index (χ4n) is 2.58. The van der Waals surface area contributed by atoms with Crippen molar-refractivity contribution in [3.8, 4) is 5.75 Å². The molecule has 1 aromatic rings. The van der Waals surface area contributed by atoms with Gasteiger partial charge in [-0.1, -0.05) is 32.1 Å². The number of hydrogen-bond donors (Lipinski definition) is 2. The first-order valence-electron chi connectivity index (χ1n) is 7.36. The summed E-state index contributed by atoms with van der Waals surface area (Å²) in [7, 11) is 1.63. The van der Waals surface area contributed by atoms with Crippen LogP contribution in [0.2, 0.25) is 0 Å². The molecule has 0 radical (unpaired) electrons. The van der Waals surface area contributed by atoms with Crippen molar-refractivity contribution in [1.82, 2.24) is 10.3 Å². The van der Waals surface area contributed by atoms with Gasteiger partial charge in [0.05, 0.1) is 7.11 Å². The summed E-state index contributed by atoms with van der Waals surface area (Å²) < 4.78 is 5.26. The van der Waals surface area contributed by atoms with Crippen LogP contribution in [0.15, 0.2) is 18.3 Å². The summed E-state index contributed by atoms with van der Waals surface area (Å²) in [4.78, 5) is 4.25. The third-order valence-electron chi connectivity index (χ3n) is 3.66. The predicted molar refractivity (Wildman–Crippen MR) is 86.3 cm³/mol. The molecule has 20 heavy (non-hydrogen) atoms. The third-order valence-corrected chi connectivity index (χ3v) is 3.88. The van der Waals surface area contributed by atoms with Crippen LogP contribution in [0.4, 0.5) is 5.82 Å². The van der Waals surface area contributed by atoms with Crippen LogP contribution >= 0.6 is 12.2 Å². The predicted octanol–water partition coefficient (Wildman–Crippen LogP) is 3.49. The van der Waals surface area contributed by atoms with Crippen LogP contribution in [-0.2, 0) is 0 Å². The van der Waals surface area contributed by atoms with Gasteiger partial charge in [-0.25, -0.2) is 4.98 Å². The first-order chi connectivity index (χ1) is 9.79. The van der Waals surface area contributed by atoms with Crippen molar-refractivity contribution < 1.29 is 4.74 Å². The van der Waals surface area contributed by atoms with Gasteiger partial charge in [-0.05, 0) is 37.2 Å². The van der Waals surface area contributed by atoms with Gasteiger partial charge in [0.15, 0.2) is 16.7 Å². The van der Waals surface area contributed by atoms with Gasteiger partial charge in [-0.3, -0.25) is 0 Å². The third kappa shape index (κ3) is 4.63. The first-order valence-corrected chi connectivity index (χ1v) is 7.77. The second kappa shape index (κ2) is 8.04. The molecule has 0 atom stereocenters. The molecule has 0 aromatic carbocycles. The summed E-state index contributed by atoms with van der Waals surface area (Å²) in [6.45, 7) is 0. The molecule has 2 rings (SSSR count). The highest BCUT2D eigenvalue weighted by molar-refractivity contribution is 7.80. The van der Waals surface area contributed by atoms with Crippen molar-refractivity contribution >= 4 is 23.1 Å². The minimum absolute atomic E-state index is 0.477. The maximum absolute atomic E-state index is 5.38. The van der Waals surface area contributed by atoms with E-state index in [1.54, 1.807) is 13.3 Å². The summed E-state index contributed by atoms with van der Waals surface area (Å²) in [6.07, 6.45) is 10.7. The SMILES string of the molecule is COc1cccnc1NC(=S)NC1CCCCCCC1. The van der Waals surface area contributed by atoms with Gasteiger partial charge in [-0.15, -0.1) is 0 Å². The van der Waals surface area contributed by atoms with Crippen molar-refractivity contribution in [3.05, 3.63) is 18.3 Å². The summed E-state index contributed by atoms with van der Waals surface area (Å²) in [6, 6.07) is 4.19. The minimum atomic E-state index is 0.477. The van der Waals surface area contributed by atoms with E-state index >= 15 is 0 Å². The molecule has 1 aliphatic carbocycles. The Labute approximate surface area is 126 Å². The van der Waals surface area contributed by atoms with E-state index in [0.717, 1.165) is 0 Å². The van der Waals surface area contributed by atoms with Crippen molar-refractivity contribution in [1.29, 1.82) is 0 Å². The molecule has 0 amide bonds. The largest absolute Gasteiger partial charge is 0.493 e. The van der Waals surface area contributed by atoms with Gasteiger partial charge >= 0.3 is 0 Å². The quantitative estimate of drug-likeness (QED) is 0.835. The van der Waals surface area contributed by atoms with E-state index < -0.39 is 0 Å². The molecule has 0 unspecified atom stereocenters. The Kier molecular flexibility index (Phi) is 6.05. The van der Waals surface area contributed by atoms with E-state index in [1.807, 2.05) is 12.1 Å². The molecule has 1 heterocycles.